The van der Waals surface area contributed by atoms with Crippen molar-refractivity contribution in [3.05, 3.63) is 59.7 Å². The van der Waals surface area contributed by atoms with Gasteiger partial charge in [0, 0.05) is 13.1 Å². The van der Waals surface area contributed by atoms with Crippen LogP contribution in [0.25, 0.3) is 0 Å². The number of hydrogen-bond donors (Lipinski definition) is 2. The van der Waals surface area contributed by atoms with Crippen molar-refractivity contribution in [3.63, 3.8) is 0 Å². The molecule has 0 aromatic heterocycles. The van der Waals surface area contributed by atoms with Crippen LogP contribution in [0.4, 0.5) is 0 Å². The zero-order chi connectivity index (χ0) is 16.5. The maximum absolute atomic E-state index is 10.1. The molecule has 4 nitrogen and oxygen atoms in total. The molecule has 0 aliphatic heterocycles. The first-order valence-corrected chi connectivity index (χ1v) is 7.86. The molecule has 0 heterocycles. The monoisotopic (exact) mass is 315 g/mol. The van der Waals surface area contributed by atoms with E-state index in [1.54, 1.807) is 14.2 Å². The van der Waals surface area contributed by atoms with Crippen LogP contribution in [0.1, 0.15) is 17.5 Å². The predicted molar refractivity (Wildman–Crippen MR) is 92.0 cm³/mol. The Labute approximate surface area is 138 Å². The summed E-state index contributed by atoms with van der Waals surface area (Å²) in [4.78, 5) is 0. The zero-order valence-electron chi connectivity index (χ0n) is 13.8. The average Bonchev–Trinajstić information content (AvgIpc) is 2.60. The van der Waals surface area contributed by atoms with Crippen LogP contribution < -0.4 is 14.8 Å². The van der Waals surface area contributed by atoms with Gasteiger partial charge in [-0.15, -0.1) is 0 Å². The van der Waals surface area contributed by atoms with Crippen molar-refractivity contribution in [2.24, 2.45) is 0 Å². The minimum absolute atomic E-state index is 0.359. The van der Waals surface area contributed by atoms with Gasteiger partial charge < -0.3 is 19.9 Å². The second-order valence-corrected chi connectivity index (χ2v) is 5.52. The van der Waals surface area contributed by atoms with Gasteiger partial charge >= 0.3 is 0 Å². The number of aliphatic hydroxyl groups is 1. The molecule has 0 amide bonds. The Kier molecular flexibility index (Phi) is 6.91. The number of benzene rings is 2. The summed E-state index contributed by atoms with van der Waals surface area (Å²) in [6, 6.07) is 15.9. The van der Waals surface area contributed by atoms with Gasteiger partial charge in [-0.3, -0.25) is 0 Å². The molecule has 1 atom stereocenters. The fraction of sp³-hybridized carbons (Fsp3) is 0.368. The van der Waals surface area contributed by atoms with E-state index in [-0.39, 0.29) is 6.10 Å². The standard InChI is InChI=1S/C19H25NO3/c1-22-18-10-7-15(8-11-18)6-9-17(21)14-20-13-16-4-3-5-19(12-16)23-2/h3-5,7-8,10-12,17,20-21H,6,9,13-14H2,1-2H3/t17-/m1/s1. The van der Waals surface area contributed by atoms with Gasteiger partial charge in [0.15, 0.2) is 0 Å². The van der Waals surface area contributed by atoms with Crippen molar-refractivity contribution in [3.8, 4) is 11.5 Å². The first kappa shape index (κ1) is 17.3. The second-order valence-electron chi connectivity index (χ2n) is 5.52. The molecule has 0 aliphatic rings. The van der Waals surface area contributed by atoms with Crippen LogP contribution >= 0.6 is 0 Å². The van der Waals surface area contributed by atoms with E-state index < -0.39 is 0 Å². The zero-order valence-corrected chi connectivity index (χ0v) is 13.8. The average molecular weight is 315 g/mol. The van der Waals surface area contributed by atoms with Crippen molar-refractivity contribution >= 4 is 0 Å². The third-order valence-corrected chi connectivity index (χ3v) is 3.77. The Morgan fingerprint density at radius 3 is 2.39 bits per heavy atom. The highest BCUT2D eigenvalue weighted by Crippen LogP contribution is 2.14. The summed E-state index contributed by atoms with van der Waals surface area (Å²) in [5, 5.41) is 13.4. The normalized spacial score (nSPS) is 12.0. The molecule has 0 bridgehead atoms. The lowest BCUT2D eigenvalue weighted by atomic mass is 10.1. The van der Waals surface area contributed by atoms with Gasteiger partial charge in [0.05, 0.1) is 20.3 Å². The molecule has 2 aromatic carbocycles. The first-order valence-electron chi connectivity index (χ1n) is 7.86. The lowest BCUT2D eigenvalue weighted by Gasteiger charge is -2.12. The van der Waals surface area contributed by atoms with Crippen molar-refractivity contribution < 1.29 is 14.6 Å². The summed E-state index contributed by atoms with van der Waals surface area (Å²) < 4.78 is 10.3. The Morgan fingerprint density at radius 1 is 0.957 bits per heavy atom. The maximum Gasteiger partial charge on any atom is 0.119 e. The van der Waals surface area contributed by atoms with Gasteiger partial charge in [0.1, 0.15) is 11.5 Å². The van der Waals surface area contributed by atoms with Gasteiger partial charge in [-0.2, -0.15) is 0 Å². The van der Waals surface area contributed by atoms with Crippen LogP contribution in [0.3, 0.4) is 0 Å². The highest BCUT2D eigenvalue weighted by atomic mass is 16.5. The molecule has 23 heavy (non-hydrogen) atoms. The van der Waals surface area contributed by atoms with Crippen molar-refractivity contribution in [2.45, 2.75) is 25.5 Å². The molecule has 0 saturated carbocycles. The van der Waals surface area contributed by atoms with Crippen LogP contribution in [0.2, 0.25) is 0 Å². The number of ether oxygens (including phenoxy) is 2. The van der Waals surface area contributed by atoms with Gasteiger partial charge in [-0.25, -0.2) is 0 Å². The highest BCUT2D eigenvalue weighted by Gasteiger charge is 2.05. The molecule has 2 aromatic rings. The van der Waals surface area contributed by atoms with E-state index in [0.717, 1.165) is 36.4 Å². The molecule has 0 fully saturated rings. The number of methoxy groups -OCH3 is 2. The molecule has 4 heteroatoms. The smallest absolute Gasteiger partial charge is 0.119 e. The summed E-state index contributed by atoms with van der Waals surface area (Å²) in [5.41, 5.74) is 2.35. The molecule has 0 radical (unpaired) electrons. The van der Waals surface area contributed by atoms with E-state index in [9.17, 15) is 5.11 Å². The van der Waals surface area contributed by atoms with Gasteiger partial charge in [0.25, 0.3) is 0 Å². The lowest BCUT2D eigenvalue weighted by Crippen LogP contribution is -2.26. The Balaban J connectivity index is 1.69. The van der Waals surface area contributed by atoms with Gasteiger partial charge in [-0.1, -0.05) is 24.3 Å². The molecule has 124 valence electrons. The summed E-state index contributed by atoms with van der Waals surface area (Å²) in [5.74, 6) is 1.71. The quantitative estimate of drug-likeness (QED) is 0.747. The fourth-order valence-electron chi connectivity index (χ4n) is 2.39. The van der Waals surface area contributed by atoms with E-state index in [1.165, 1.54) is 5.56 Å². The van der Waals surface area contributed by atoms with Crippen LogP contribution in [0, 0.1) is 0 Å². The lowest BCUT2D eigenvalue weighted by molar-refractivity contribution is 0.161. The van der Waals surface area contributed by atoms with Crippen molar-refractivity contribution in [1.82, 2.24) is 5.32 Å². The molecule has 0 unspecified atom stereocenters. The topological polar surface area (TPSA) is 50.7 Å². The van der Waals surface area contributed by atoms with E-state index in [2.05, 4.69) is 5.32 Å². The highest BCUT2D eigenvalue weighted by molar-refractivity contribution is 5.28. The summed E-state index contributed by atoms with van der Waals surface area (Å²) in [6.07, 6.45) is 1.23. The van der Waals surface area contributed by atoms with Crippen molar-refractivity contribution in [2.75, 3.05) is 20.8 Å². The van der Waals surface area contributed by atoms with Crippen LogP contribution in [0.15, 0.2) is 48.5 Å². The number of hydrogen-bond acceptors (Lipinski definition) is 4. The van der Waals surface area contributed by atoms with Gasteiger partial charge in [0.2, 0.25) is 0 Å². The predicted octanol–water partition coefficient (Wildman–Crippen LogP) is 2.79. The second kappa shape index (κ2) is 9.18. The largest absolute Gasteiger partial charge is 0.497 e. The minimum atomic E-state index is -0.359. The SMILES string of the molecule is COc1ccc(CC[C@@H](O)CNCc2cccc(OC)c2)cc1. The van der Waals surface area contributed by atoms with Crippen molar-refractivity contribution in [1.29, 1.82) is 0 Å². The molecule has 0 saturated heterocycles. The Morgan fingerprint density at radius 2 is 1.70 bits per heavy atom. The van der Waals surface area contributed by atoms with E-state index >= 15 is 0 Å². The number of rotatable bonds is 9. The third-order valence-electron chi connectivity index (χ3n) is 3.77. The van der Waals surface area contributed by atoms with E-state index in [1.807, 2.05) is 48.5 Å². The first-order chi connectivity index (χ1) is 11.2. The number of aryl methyl sites for hydroxylation is 1. The van der Waals surface area contributed by atoms with Gasteiger partial charge in [-0.05, 0) is 48.2 Å². The minimum Gasteiger partial charge on any atom is -0.497 e. The van der Waals surface area contributed by atoms with Crippen LogP contribution in [-0.4, -0.2) is 32.0 Å². The summed E-state index contributed by atoms with van der Waals surface area (Å²) in [6.45, 7) is 1.30. The van der Waals surface area contributed by atoms with Crippen LogP contribution in [-0.2, 0) is 13.0 Å². The number of nitrogens with one attached hydrogen (secondary N) is 1. The summed E-state index contributed by atoms with van der Waals surface area (Å²) >= 11 is 0. The molecule has 2 rings (SSSR count). The third kappa shape index (κ3) is 5.93. The van der Waals surface area contributed by atoms with Crippen LogP contribution in [0.5, 0.6) is 11.5 Å². The molecular formula is C19H25NO3. The maximum atomic E-state index is 10.1. The fourth-order valence-corrected chi connectivity index (χ4v) is 2.39. The summed E-state index contributed by atoms with van der Waals surface area (Å²) in [7, 11) is 3.32. The van der Waals surface area contributed by atoms with E-state index in [0.29, 0.717) is 6.54 Å². The Hall–Kier alpha value is -2.04. The van der Waals surface area contributed by atoms with E-state index in [4.69, 9.17) is 9.47 Å². The Bertz CT molecular complexity index is 583. The molecule has 0 aliphatic carbocycles. The molecule has 0 spiro atoms. The molecule has 2 N–H and O–H groups in total. The number of aliphatic hydroxyl groups excluding tert-OH is 1. The molecular weight excluding hydrogens is 290 g/mol.